The zero-order valence-electron chi connectivity index (χ0n) is 8.88. The molecule has 0 spiro atoms. The van der Waals surface area contributed by atoms with Crippen molar-refractivity contribution < 1.29 is 20.0 Å². The molecule has 0 aliphatic rings. The van der Waals surface area contributed by atoms with Gasteiger partial charge in [-0.1, -0.05) is 0 Å². The maximum atomic E-state index is 11.4. The highest BCUT2D eigenvalue weighted by molar-refractivity contribution is 4.67. The molecule has 0 aliphatic heterocycles. The van der Waals surface area contributed by atoms with Crippen molar-refractivity contribution >= 4 is 0 Å². The molecule has 0 bridgehead atoms. The quantitative estimate of drug-likeness (QED) is 0.222. The molecule has 0 heterocycles. The molecule has 8 nitrogen and oxygen atoms in total. The molecule has 0 unspecified atom stereocenters. The fraction of sp³-hybridized carbons (Fsp3) is 1.00. The second-order valence-electron chi connectivity index (χ2n) is 4.10. The zero-order valence-corrected chi connectivity index (χ0v) is 8.88. The third kappa shape index (κ3) is 3.10. The van der Waals surface area contributed by atoms with E-state index in [2.05, 4.69) is 5.11 Å². The highest BCUT2D eigenvalue weighted by atomic mass is 16.7. The summed E-state index contributed by atoms with van der Waals surface area (Å²) in [6.45, 7) is 2.48. The van der Waals surface area contributed by atoms with E-state index < -0.39 is 29.3 Å². The van der Waals surface area contributed by atoms with Crippen LogP contribution in [0.25, 0.3) is 0 Å². The van der Waals surface area contributed by atoms with Gasteiger partial charge in [0.1, 0.15) is 10.5 Å². The second kappa shape index (κ2) is 4.49. The summed E-state index contributed by atoms with van der Waals surface area (Å²) in [6.07, 6.45) is 0. The van der Waals surface area contributed by atoms with Crippen LogP contribution in [0.3, 0.4) is 0 Å². The smallest absolute Gasteiger partial charge is 0.483 e. The van der Waals surface area contributed by atoms with Crippen LogP contribution in [-0.2, 0) is 0 Å². The number of rotatable bonds is 4. The molecule has 0 atom stereocenters. The second-order valence-corrected chi connectivity index (χ2v) is 4.10. The standard InChI is InChI=1S/C7H15N3O5/c1-6(2,3)8-9(13)7(4-11,5-12)10(14)15/h11-12H,4-5H2,1-3H3. The summed E-state index contributed by atoms with van der Waals surface area (Å²) in [5.41, 5.74) is -3.33. The monoisotopic (exact) mass is 221 g/mol. The van der Waals surface area contributed by atoms with E-state index in [1.54, 1.807) is 20.8 Å². The van der Waals surface area contributed by atoms with E-state index in [4.69, 9.17) is 10.2 Å². The van der Waals surface area contributed by atoms with Crippen LogP contribution in [-0.4, -0.2) is 44.4 Å². The largest absolute Gasteiger partial charge is 0.594 e. The molecule has 0 aromatic carbocycles. The number of hydrogen-bond donors (Lipinski definition) is 2. The number of nitro groups is 1. The fourth-order valence-corrected chi connectivity index (χ4v) is 0.722. The predicted octanol–water partition coefficient (Wildman–Crippen LogP) is -0.295. The van der Waals surface area contributed by atoms with Gasteiger partial charge in [0.05, 0.1) is 0 Å². The Morgan fingerprint density at radius 1 is 1.20 bits per heavy atom. The fourth-order valence-electron chi connectivity index (χ4n) is 0.722. The van der Waals surface area contributed by atoms with Gasteiger partial charge in [-0.2, -0.15) is 0 Å². The third-order valence-corrected chi connectivity index (χ3v) is 1.59. The van der Waals surface area contributed by atoms with E-state index in [9.17, 15) is 15.3 Å². The van der Waals surface area contributed by atoms with Crippen molar-refractivity contribution in [2.45, 2.75) is 32.0 Å². The molecule has 8 heteroatoms. The summed E-state index contributed by atoms with van der Waals surface area (Å²) in [5, 5.41) is 43.1. The first-order valence-electron chi connectivity index (χ1n) is 4.26. The van der Waals surface area contributed by atoms with Crippen molar-refractivity contribution in [3.05, 3.63) is 15.3 Å². The van der Waals surface area contributed by atoms with Crippen LogP contribution >= 0.6 is 0 Å². The van der Waals surface area contributed by atoms with Gasteiger partial charge in [-0.25, -0.2) is 0 Å². The Balaban J connectivity index is 5.28. The van der Waals surface area contributed by atoms with E-state index in [1.807, 2.05) is 0 Å². The number of azo groups is 1. The van der Waals surface area contributed by atoms with Crippen LogP contribution in [0.4, 0.5) is 0 Å². The number of aliphatic hydroxyl groups is 2. The summed E-state index contributed by atoms with van der Waals surface area (Å²) in [5.74, 6) is 0. The lowest BCUT2D eigenvalue weighted by atomic mass is 10.1. The maximum Gasteiger partial charge on any atom is 0.483 e. The first-order valence-corrected chi connectivity index (χ1v) is 4.26. The van der Waals surface area contributed by atoms with Gasteiger partial charge in [0, 0.05) is 0 Å². The first-order chi connectivity index (χ1) is 6.69. The summed E-state index contributed by atoms with van der Waals surface area (Å²) < 4.78 is 0. The van der Waals surface area contributed by atoms with Crippen molar-refractivity contribution in [2.24, 2.45) is 5.11 Å². The van der Waals surface area contributed by atoms with Gasteiger partial charge in [0.15, 0.2) is 13.2 Å². The number of nitrogens with zero attached hydrogens (tertiary/aromatic N) is 3. The average molecular weight is 221 g/mol. The van der Waals surface area contributed by atoms with Crippen LogP contribution in [0.1, 0.15) is 20.8 Å². The lowest BCUT2D eigenvalue weighted by Gasteiger charge is -2.19. The van der Waals surface area contributed by atoms with E-state index in [1.165, 1.54) is 0 Å². The van der Waals surface area contributed by atoms with Crippen molar-refractivity contribution in [3.63, 3.8) is 0 Å². The molecular weight excluding hydrogens is 206 g/mol. The van der Waals surface area contributed by atoms with Crippen LogP contribution in [0.15, 0.2) is 5.11 Å². The SMILES string of the molecule is CC(C)(C)N=[N+]([O-])C(CO)(CO)[N+](=O)[O-]. The van der Waals surface area contributed by atoms with E-state index in [0.717, 1.165) is 0 Å². The van der Waals surface area contributed by atoms with Crippen molar-refractivity contribution in [1.82, 2.24) is 0 Å². The predicted molar refractivity (Wildman–Crippen MR) is 49.7 cm³/mol. The Kier molecular flexibility index (Phi) is 4.11. The highest BCUT2D eigenvalue weighted by Crippen LogP contribution is 2.15. The van der Waals surface area contributed by atoms with E-state index in [-0.39, 0.29) is 4.86 Å². The topological polar surface area (TPSA) is 122 Å². The van der Waals surface area contributed by atoms with Crippen molar-refractivity contribution in [2.75, 3.05) is 13.2 Å². The molecule has 0 aromatic heterocycles. The zero-order chi connectivity index (χ0) is 12.3. The lowest BCUT2D eigenvalue weighted by molar-refractivity contribution is -0.820. The lowest BCUT2D eigenvalue weighted by Crippen LogP contribution is -2.53. The number of aliphatic hydroxyl groups excluding tert-OH is 2. The molecule has 0 amide bonds. The van der Waals surface area contributed by atoms with Crippen LogP contribution < -0.4 is 0 Å². The molecule has 2 N–H and O–H groups in total. The highest BCUT2D eigenvalue weighted by Gasteiger charge is 2.53. The summed E-state index contributed by atoms with van der Waals surface area (Å²) in [4.78, 5) is 9.31. The van der Waals surface area contributed by atoms with Gasteiger partial charge in [-0.3, -0.25) is 10.1 Å². The third-order valence-electron chi connectivity index (χ3n) is 1.59. The minimum Gasteiger partial charge on any atom is -0.594 e. The molecule has 0 rings (SSSR count). The molecule has 0 fully saturated rings. The Labute approximate surface area is 86.6 Å². The first kappa shape index (κ1) is 13.7. The van der Waals surface area contributed by atoms with E-state index in [0.29, 0.717) is 0 Å². The minimum absolute atomic E-state index is 0.243. The molecular formula is C7H15N3O5. The summed E-state index contributed by atoms with van der Waals surface area (Å²) in [6, 6.07) is 0. The Morgan fingerprint density at radius 3 is 1.80 bits per heavy atom. The normalized spacial score (nSPS) is 14.1. The Hall–Kier alpha value is -1.28. The van der Waals surface area contributed by atoms with Crippen LogP contribution in [0.5, 0.6) is 0 Å². The Morgan fingerprint density at radius 2 is 1.60 bits per heavy atom. The molecule has 0 radical (unpaired) electrons. The molecule has 0 saturated heterocycles. The summed E-state index contributed by atoms with van der Waals surface area (Å²) in [7, 11) is 0. The van der Waals surface area contributed by atoms with Gasteiger partial charge < -0.3 is 15.4 Å². The molecule has 0 aromatic rings. The average Bonchev–Trinajstić information content (AvgIpc) is 2.03. The van der Waals surface area contributed by atoms with Gasteiger partial charge in [0.2, 0.25) is 0 Å². The molecule has 0 saturated carbocycles. The molecule has 88 valence electrons. The van der Waals surface area contributed by atoms with Gasteiger partial charge in [-0.05, 0) is 30.7 Å². The van der Waals surface area contributed by atoms with E-state index >= 15 is 0 Å². The van der Waals surface area contributed by atoms with Crippen LogP contribution in [0, 0.1) is 15.3 Å². The van der Waals surface area contributed by atoms with Gasteiger partial charge in [0.25, 0.3) is 0 Å². The van der Waals surface area contributed by atoms with Gasteiger partial charge >= 0.3 is 5.66 Å². The molecule has 15 heavy (non-hydrogen) atoms. The minimum atomic E-state index is -2.51. The van der Waals surface area contributed by atoms with Crippen LogP contribution in [0.2, 0.25) is 0 Å². The number of hydroxylamine groups is 1. The van der Waals surface area contributed by atoms with Crippen molar-refractivity contribution in [3.8, 4) is 0 Å². The Bertz CT molecular complexity index is 266. The van der Waals surface area contributed by atoms with Gasteiger partial charge in [-0.15, -0.1) is 0 Å². The van der Waals surface area contributed by atoms with Crippen molar-refractivity contribution in [1.29, 1.82) is 0 Å². The maximum absolute atomic E-state index is 11.4. The molecule has 0 aliphatic carbocycles. The summed E-state index contributed by atoms with van der Waals surface area (Å²) >= 11 is 0. The number of hydrogen-bond acceptors (Lipinski definition) is 6.